The second kappa shape index (κ2) is 3.05. The summed E-state index contributed by atoms with van der Waals surface area (Å²) in [7, 11) is 0. The van der Waals surface area contributed by atoms with Crippen LogP contribution in [-0.4, -0.2) is 35.1 Å². The number of likely N-dealkylation sites (tertiary alicyclic amines) is 1. The Morgan fingerprint density at radius 3 is 2.50 bits per heavy atom. The molecule has 70 valence electrons. The summed E-state index contributed by atoms with van der Waals surface area (Å²) in [4.78, 5) is 13.0. The van der Waals surface area contributed by atoms with Gasteiger partial charge in [-0.3, -0.25) is 4.79 Å². The lowest BCUT2D eigenvalue weighted by atomic mass is 9.96. The molecule has 3 nitrogen and oxygen atoms in total. The second-order valence-corrected chi connectivity index (χ2v) is 4.69. The van der Waals surface area contributed by atoms with Crippen molar-refractivity contribution in [3.8, 4) is 0 Å². The van der Waals surface area contributed by atoms with Crippen molar-refractivity contribution in [2.75, 3.05) is 13.1 Å². The summed E-state index contributed by atoms with van der Waals surface area (Å²) >= 11 is 0. The summed E-state index contributed by atoms with van der Waals surface area (Å²) in [6.07, 6.45) is -0.143. The number of amides is 1. The Morgan fingerprint density at radius 1 is 1.58 bits per heavy atom. The van der Waals surface area contributed by atoms with Crippen LogP contribution in [0.3, 0.4) is 0 Å². The molecule has 1 aliphatic rings. The number of carbonyl (C=O) groups is 1. The van der Waals surface area contributed by atoms with Crippen LogP contribution in [0.25, 0.3) is 0 Å². The fourth-order valence-electron chi connectivity index (χ4n) is 1.48. The van der Waals surface area contributed by atoms with Crippen LogP contribution in [0.5, 0.6) is 0 Å². The highest BCUT2D eigenvalue weighted by atomic mass is 16.3. The van der Waals surface area contributed by atoms with Gasteiger partial charge in [0.05, 0.1) is 12.5 Å². The molecule has 1 aliphatic heterocycles. The van der Waals surface area contributed by atoms with Gasteiger partial charge in [0.1, 0.15) is 0 Å². The third kappa shape index (κ3) is 2.48. The van der Waals surface area contributed by atoms with E-state index in [1.165, 1.54) is 0 Å². The Bertz CT molecular complexity index is 183. The SMILES string of the molecule is CC(C)(C)CN1CC(O)CC1=O. The van der Waals surface area contributed by atoms with Gasteiger partial charge in [0.2, 0.25) is 5.91 Å². The van der Waals surface area contributed by atoms with E-state index in [1.54, 1.807) is 4.90 Å². The zero-order valence-corrected chi connectivity index (χ0v) is 8.00. The minimum atomic E-state index is -0.445. The van der Waals surface area contributed by atoms with Crippen molar-refractivity contribution in [3.63, 3.8) is 0 Å². The van der Waals surface area contributed by atoms with E-state index in [2.05, 4.69) is 20.8 Å². The number of hydrogen-bond donors (Lipinski definition) is 1. The monoisotopic (exact) mass is 171 g/mol. The lowest BCUT2D eigenvalue weighted by Crippen LogP contribution is -2.34. The average molecular weight is 171 g/mol. The topological polar surface area (TPSA) is 40.5 Å². The van der Waals surface area contributed by atoms with Gasteiger partial charge < -0.3 is 10.0 Å². The van der Waals surface area contributed by atoms with Crippen molar-refractivity contribution in [2.24, 2.45) is 5.41 Å². The van der Waals surface area contributed by atoms with E-state index in [-0.39, 0.29) is 11.3 Å². The molecule has 0 spiro atoms. The van der Waals surface area contributed by atoms with E-state index in [0.717, 1.165) is 6.54 Å². The van der Waals surface area contributed by atoms with Gasteiger partial charge in [0, 0.05) is 13.1 Å². The number of rotatable bonds is 1. The van der Waals surface area contributed by atoms with Gasteiger partial charge in [0.25, 0.3) is 0 Å². The molecule has 0 aromatic carbocycles. The van der Waals surface area contributed by atoms with Crippen molar-refractivity contribution < 1.29 is 9.90 Å². The summed E-state index contributed by atoms with van der Waals surface area (Å²) in [6.45, 7) is 7.51. The van der Waals surface area contributed by atoms with Gasteiger partial charge in [-0.15, -0.1) is 0 Å². The van der Waals surface area contributed by atoms with Crippen LogP contribution in [0, 0.1) is 5.41 Å². The molecular weight excluding hydrogens is 154 g/mol. The number of carbonyl (C=O) groups excluding carboxylic acids is 1. The lowest BCUT2D eigenvalue weighted by Gasteiger charge is -2.26. The summed E-state index contributed by atoms with van der Waals surface area (Å²) in [5.41, 5.74) is 0.125. The predicted octanol–water partition coefficient (Wildman–Crippen LogP) is 0.626. The van der Waals surface area contributed by atoms with Gasteiger partial charge in [0.15, 0.2) is 0 Å². The molecule has 1 heterocycles. The third-order valence-electron chi connectivity index (χ3n) is 1.86. The van der Waals surface area contributed by atoms with E-state index < -0.39 is 6.10 Å². The zero-order chi connectivity index (χ0) is 9.35. The summed E-state index contributed by atoms with van der Waals surface area (Å²) < 4.78 is 0. The minimum absolute atomic E-state index is 0.0809. The fraction of sp³-hybridized carbons (Fsp3) is 0.889. The van der Waals surface area contributed by atoms with Gasteiger partial charge >= 0.3 is 0 Å². The summed E-state index contributed by atoms with van der Waals surface area (Å²) in [5.74, 6) is 0.0809. The highest BCUT2D eigenvalue weighted by Gasteiger charge is 2.30. The van der Waals surface area contributed by atoms with E-state index in [4.69, 9.17) is 0 Å². The summed E-state index contributed by atoms with van der Waals surface area (Å²) in [5, 5.41) is 9.20. The number of aliphatic hydroxyl groups excluding tert-OH is 1. The maximum absolute atomic E-state index is 11.2. The second-order valence-electron chi connectivity index (χ2n) is 4.69. The molecule has 1 amide bonds. The van der Waals surface area contributed by atoms with Gasteiger partial charge in [-0.1, -0.05) is 20.8 Å². The van der Waals surface area contributed by atoms with Crippen molar-refractivity contribution in [3.05, 3.63) is 0 Å². The molecule has 0 aromatic heterocycles. The largest absolute Gasteiger partial charge is 0.391 e. The first-order valence-corrected chi connectivity index (χ1v) is 4.34. The first-order valence-electron chi connectivity index (χ1n) is 4.34. The standard InChI is InChI=1S/C9H17NO2/c1-9(2,3)6-10-5-7(11)4-8(10)12/h7,11H,4-6H2,1-3H3. The molecular formula is C9H17NO2. The number of hydrogen-bond acceptors (Lipinski definition) is 2. The maximum Gasteiger partial charge on any atom is 0.225 e. The van der Waals surface area contributed by atoms with E-state index in [9.17, 15) is 9.90 Å². The van der Waals surface area contributed by atoms with Crippen LogP contribution >= 0.6 is 0 Å². The third-order valence-corrected chi connectivity index (χ3v) is 1.86. The van der Waals surface area contributed by atoms with E-state index in [0.29, 0.717) is 13.0 Å². The molecule has 0 aliphatic carbocycles. The fourth-order valence-corrected chi connectivity index (χ4v) is 1.48. The highest BCUT2D eigenvalue weighted by Crippen LogP contribution is 2.19. The Labute approximate surface area is 73.4 Å². The number of aliphatic hydroxyl groups is 1. The molecule has 1 unspecified atom stereocenters. The molecule has 1 atom stereocenters. The number of nitrogens with zero attached hydrogens (tertiary/aromatic N) is 1. The Kier molecular flexibility index (Phi) is 2.42. The van der Waals surface area contributed by atoms with Crippen LogP contribution in [-0.2, 0) is 4.79 Å². The molecule has 3 heteroatoms. The van der Waals surface area contributed by atoms with Crippen LogP contribution in [0.2, 0.25) is 0 Å². The zero-order valence-electron chi connectivity index (χ0n) is 8.00. The van der Waals surface area contributed by atoms with Crippen LogP contribution in [0.15, 0.2) is 0 Å². The van der Waals surface area contributed by atoms with E-state index in [1.807, 2.05) is 0 Å². The Balaban J connectivity index is 2.49. The van der Waals surface area contributed by atoms with Crippen molar-refractivity contribution in [1.82, 2.24) is 4.90 Å². The molecule has 1 rings (SSSR count). The molecule has 0 bridgehead atoms. The van der Waals surface area contributed by atoms with Gasteiger partial charge in [-0.25, -0.2) is 0 Å². The molecule has 1 N–H and O–H groups in total. The normalized spacial score (nSPS) is 25.2. The molecule has 0 aromatic rings. The van der Waals surface area contributed by atoms with Crippen molar-refractivity contribution in [2.45, 2.75) is 33.3 Å². The average Bonchev–Trinajstić information content (AvgIpc) is 2.06. The van der Waals surface area contributed by atoms with Gasteiger partial charge in [-0.2, -0.15) is 0 Å². The quantitative estimate of drug-likeness (QED) is 0.628. The van der Waals surface area contributed by atoms with E-state index >= 15 is 0 Å². The maximum atomic E-state index is 11.2. The van der Waals surface area contributed by atoms with Gasteiger partial charge in [-0.05, 0) is 5.41 Å². The van der Waals surface area contributed by atoms with Crippen LogP contribution in [0.4, 0.5) is 0 Å². The molecule has 0 radical (unpaired) electrons. The highest BCUT2D eigenvalue weighted by molar-refractivity contribution is 5.79. The Hall–Kier alpha value is -0.570. The smallest absolute Gasteiger partial charge is 0.225 e. The Morgan fingerprint density at radius 2 is 2.17 bits per heavy atom. The molecule has 1 saturated heterocycles. The first kappa shape index (κ1) is 9.52. The van der Waals surface area contributed by atoms with Crippen LogP contribution in [0.1, 0.15) is 27.2 Å². The molecule has 12 heavy (non-hydrogen) atoms. The van der Waals surface area contributed by atoms with Crippen molar-refractivity contribution >= 4 is 5.91 Å². The molecule has 1 fully saturated rings. The first-order chi connectivity index (χ1) is 5.38. The van der Waals surface area contributed by atoms with Crippen molar-refractivity contribution in [1.29, 1.82) is 0 Å². The summed E-state index contributed by atoms with van der Waals surface area (Å²) in [6, 6.07) is 0. The number of β-amino-alcohol motifs (C(OH)–C–C–N with tert-alkyl or cyclic N) is 1. The lowest BCUT2D eigenvalue weighted by molar-refractivity contribution is -0.128. The minimum Gasteiger partial charge on any atom is -0.391 e. The van der Waals surface area contributed by atoms with Crippen LogP contribution < -0.4 is 0 Å². The molecule has 0 saturated carbocycles. The predicted molar refractivity (Wildman–Crippen MR) is 46.7 cm³/mol.